The van der Waals surface area contributed by atoms with Gasteiger partial charge in [-0.25, -0.2) is 4.79 Å². The molecule has 2 aromatic carbocycles. The van der Waals surface area contributed by atoms with Gasteiger partial charge in [-0.1, -0.05) is 42.5 Å². The highest BCUT2D eigenvalue weighted by Crippen LogP contribution is 2.24. The van der Waals surface area contributed by atoms with Crippen LogP contribution in [0.3, 0.4) is 0 Å². The molecule has 2 unspecified atom stereocenters. The van der Waals surface area contributed by atoms with Crippen LogP contribution in [0.5, 0.6) is 0 Å². The summed E-state index contributed by atoms with van der Waals surface area (Å²) in [5.41, 5.74) is 2.61. The number of ether oxygens (including phenoxy) is 1. The van der Waals surface area contributed by atoms with E-state index < -0.39 is 18.3 Å². The topological polar surface area (TPSA) is 94.1 Å². The molecule has 29 heavy (non-hydrogen) atoms. The first-order valence-corrected chi connectivity index (χ1v) is 10.00. The van der Waals surface area contributed by atoms with Crippen molar-refractivity contribution >= 4 is 11.8 Å². The quantitative estimate of drug-likeness (QED) is 0.541. The van der Waals surface area contributed by atoms with E-state index in [1.54, 1.807) is 6.07 Å². The first-order valence-electron chi connectivity index (χ1n) is 10.00. The van der Waals surface area contributed by atoms with Gasteiger partial charge >= 0.3 is 6.09 Å². The minimum atomic E-state index is -1.01. The number of anilines is 1. The van der Waals surface area contributed by atoms with Gasteiger partial charge in [0.2, 0.25) is 0 Å². The molecule has 7 nitrogen and oxygen atoms in total. The molecule has 0 aromatic heterocycles. The fourth-order valence-electron chi connectivity index (χ4n) is 3.30. The largest absolute Gasteiger partial charge is 0.445 e. The van der Waals surface area contributed by atoms with Gasteiger partial charge in [-0.3, -0.25) is 0 Å². The number of alkyl carbamates (subject to hydrolysis) is 1. The van der Waals surface area contributed by atoms with E-state index in [4.69, 9.17) is 4.74 Å². The highest BCUT2D eigenvalue weighted by Gasteiger charge is 2.20. The standard InChI is InChI=1S/C22H29N3O4/c26-20(9-10-24-22(28)29-16-17-5-2-1-3-6-17)21(27)18-7-4-8-19(15-18)25-13-11-23-12-14-25/h1-8,15,20-21,23,26-27H,9-14,16H2,(H,24,28). The molecule has 0 spiro atoms. The van der Waals surface area contributed by atoms with Crippen molar-refractivity contribution in [3.05, 3.63) is 65.7 Å². The lowest BCUT2D eigenvalue weighted by Gasteiger charge is -2.30. The van der Waals surface area contributed by atoms with Crippen LogP contribution in [0.1, 0.15) is 23.7 Å². The zero-order chi connectivity index (χ0) is 20.5. The smallest absolute Gasteiger partial charge is 0.407 e. The predicted molar refractivity (Wildman–Crippen MR) is 112 cm³/mol. The molecule has 2 aromatic rings. The molecule has 156 valence electrons. The molecule has 4 N–H and O–H groups in total. The second-order valence-electron chi connectivity index (χ2n) is 7.12. The van der Waals surface area contributed by atoms with Crippen LogP contribution in [-0.4, -0.2) is 55.1 Å². The highest BCUT2D eigenvalue weighted by atomic mass is 16.5. The van der Waals surface area contributed by atoms with Crippen LogP contribution < -0.4 is 15.5 Å². The van der Waals surface area contributed by atoms with Gasteiger partial charge in [0.05, 0.1) is 6.10 Å². The number of aliphatic hydroxyl groups excluding tert-OH is 2. The Kier molecular flexibility index (Phi) is 7.86. The Labute approximate surface area is 171 Å². The van der Waals surface area contributed by atoms with Crippen LogP contribution in [0.25, 0.3) is 0 Å². The van der Waals surface area contributed by atoms with E-state index in [9.17, 15) is 15.0 Å². The molecule has 1 heterocycles. The maximum absolute atomic E-state index is 11.8. The number of piperazine rings is 1. The summed E-state index contributed by atoms with van der Waals surface area (Å²) in [5, 5.41) is 26.8. The van der Waals surface area contributed by atoms with E-state index in [2.05, 4.69) is 15.5 Å². The first-order chi connectivity index (χ1) is 14.1. The molecule has 1 aliphatic rings. The SMILES string of the molecule is O=C(NCCC(O)C(O)c1cccc(N2CCNCC2)c1)OCc1ccccc1. The van der Waals surface area contributed by atoms with Crippen molar-refractivity contribution in [3.8, 4) is 0 Å². The molecule has 1 fully saturated rings. The molecule has 1 aliphatic heterocycles. The minimum absolute atomic E-state index is 0.191. The van der Waals surface area contributed by atoms with E-state index >= 15 is 0 Å². The fourth-order valence-corrected chi connectivity index (χ4v) is 3.30. The third kappa shape index (κ3) is 6.45. The Morgan fingerprint density at radius 3 is 2.62 bits per heavy atom. The van der Waals surface area contributed by atoms with Crippen LogP contribution >= 0.6 is 0 Å². The van der Waals surface area contributed by atoms with Crippen molar-refractivity contribution in [2.75, 3.05) is 37.6 Å². The zero-order valence-corrected chi connectivity index (χ0v) is 16.5. The lowest BCUT2D eigenvalue weighted by Crippen LogP contribution is -2.43. The summed E-state index contributed by atoms with van der Waals surface area (Å²) in [5.74, 6) is 0. The molecule has 2 atom stereocenters. The van der Waals surface area contributed by atoms with Crippen LogP contribution in [0.15, 0.2) is 54.6 Å². The van der Waals surface area contributed by atoms with Crippen molar-refractivity contribution < 1.29 is 19.7 Å². The third-order valence-corrected chi connectivity index (χ3v) is 4.98. The molecule has 1 saturated heterocycles. The molecule has 3 rings (SSSR count). The lowest BCUT2D eigenvalue weighted by atomic mass is 10.0. The number of rotatable bonds is 8. The molecule has 0 bridgehead atoms. The highest BCUT2D eigenvalue weighted by molar-refractivity contribution is 5.67. The number of aliphatic hydroxyl groups is 2. The molecule has 7 heteroatoms. The van der Waals surface area contributed by atoms with Gasteiger partial charge in [-0.05, 0) is 29.7 Å². The van der Waals surface area contributed by atoms with Crippen molar-refractivity contribution in [1.29, 1.82) is 0 Å². The summed E-state index contributed by atoms with van der Waals surface area (Å²) >= 11 is 0. The van der Waals surface area contributed by atoms with E-state index in [-0.39, 0.29) is 19.6 Å². The number of carbonyl (C=O) groups excluding carboxylic acids is 1. The van der Waals surface area contributed by atoms with Crippen molar-refractivity contribution in [2.45, 2.75) is 25.2 Å². The van der Waals surface area contributed by atoms with Crippen LogP contribution in [0.4, 0.5) is 10.5 Å². The van der Waals surface area contributed by atoms with E-state index in [1.807, 2.05) is 48.5 Å². The van der Waals surface area contributed by atoms with E-state index in [0.717, 1.165) is 37.4 Å². The van der Waals surface area contributed by atoms with Crippen molar-refractivity contribution in [1.82, 2.24) is 10.6 Å². The zero-order valence-electron chi connectivity index (χ0n) is 16.5. The molecular formula is C22H29N3O4. The second kappa shape index (κ2) is 10.8. The van der Waals surface area contributed by atoms with E-state index in [0.29, 0.717) is 5.56 Å². The normalized spacial score (nSPS) is 16.1. The minimum Gasteiger partial charge on any atom is -0.445 e. The summed E-state index contributed by atoms with van der Waals surface area (Å²) in [7, 11) is 0. The number of hydrogen-bond acceptors (Lipinski definition) is 6. The summed E-state index contributed by atoms with van der Waals surface area (Å²) in [6, 6.07) is 17.0. The first kappa shape index (κ1) is 21.1. The Morgan fingerprint density at radius 2 is 1.86 bits per heavy atom. The predicted octanol–water partition coefficient (Wildman–Crippen LogP) is 1.81. The van der Waals surface area contributed by atoms with Gasteiger partial charge in [-0.15, -0.1) is 0 Å². The Morgan fingerprint density at radius 1 is 1.10 bits per heavy atom. The second-order valence-corrected chi connectivity index (χ2v) is 7.12. The third-order valence-electron chi connectivity index (χ3n) is 4.98. The number of nitrogens with zero attached hydrogens (tertiary/aromatic N) is 1. The number of hydrogen-bond donors (Lipinski definition) is 4. The summed E-state index contributed by atoms with van der Waals surface area (Å²) in [4.78, 5) is 14.0. The number of carbonyl (C=O) groups is 1. The maximum atomic E-state index is 11.8. The Balaban J connectivity index is 1.43. The summed E-state index contributed by atoms with van der Waals surface area (Å²) in [6.07, 6.45) is -2.32. The average molecular weight is 399 g/mol. The number of benzene rings is 2. The fraction of sp³-hybridized carbons (Fsp3) is 0.409. The molecule has 0 aliphatic carbocycles. The molecule has 0 saturated carbocycles. The summed E-state index contributed by atoms with van der Waals surface area (Å²) in [6.45, 7) is 4.09. The molecule has 1 amide bonds. The van der Waals surface area contributed by atoms with Crippen LogP contribution in [0, 0.1) is 0 Å². The van der Waals surface area contributed by atoms with Crippen molar-refractivity contribution in [2.24, 2.45) is 0 Å². The van der Waals surface area contributed by atoms with Crippen LogP contribution in [0.2, 0.25) is 0 Å². The molecular weight excluding hydrogens is 370 g/mol. The number of nitrogens with one attached hydrogen (secondary N) is 2. The van der Waals surface area contributed by atoms with Gasteiger partial charge < -0.3 is 30.5 Å². The van der Waals surface area contributed by atoms with Gasteiger partial charge in [-0.2, -0.15) is 0 Å². The monoisotopic (exact) mass is 399 g/mol. The van der Waals surface area contributed by atoms with Gasteiger partial charge in [0.25, 0.3) is 0 Å². The Bertz CT molecular complexity index is 766. The number of amides is 1. The average Bonchev–Trinajstić information content (AvgIpc) is 2.78. The molecule has 0 radical (unpaired) electrons. The lowest BCUT2D eigenvalue weighted by molar-refractivity contribution is 0.0136. The van der Waals surface area contributed by atoms with Crippen LogP contribution in [-0.2, 0) is 11.3 Å². The van der Waals surface area contributed by atoms with Gasteiger partial charge in [0.1, 0.15) is 12.7 Å². The van der Waals surface area contributed by atoms with Crippen molar-refractivity contribution in [3.63, 3.8) is 0 Å². The Hall–Kier alpha value is -2.61. The maximum Gasteiger partial charge on any atom is 0.407 e. The van der Waals surface area contributed by atoms with E-state index in [1.165, 1.54) is 0 Å². The summed E-state index contributed by atoms with van der Waals surface area (Å²) < 4.78 is 5.13. The van der Waals surface area contributed by atoms with Gasteiger partial charge in [0.15, 0.2) is 0 Å². The van der Waals surface area contributed by atoms with Gasteiger partial charge in [0, 0.05) is 38.4 Å².